The molecule has 2 unspecified atom stereocenters. The fraction of sp³-hybridized carbons (Fsp3) is 0.415. The van der Waals surface area contributed by atoms with Crippen molar-refractivity contribution in [1.29, 1.82) is 0 Å². The van der Waals surface area contributed by atoms with Gasteiger partial charge in [-0.15, -0.1) is 0 Å². The molecule has 0 spiro atoms. The first-order chi connectivity index (χ1) is 24.8. The Kier molecular flexibility index (Phi) is 13.0. The van der Waals surface area contributed by atoms with Crippen LogP contribution < -0.4 is 15.4 Å². The number of aryl methyl sites for hydroxylation is 1. The van der Waals surface area contributed by atoms with E-state index in [1.807, 2.05) is 57.3 Å². The Morgan fingerprint density at radius 2 is 1.60 bits per heavy atom. The van der Waals surface area contributed by atoms with Gasteiger partial charge in [0.15, 0.2) is 0 Å². The summed E-state index contributed by atoms with van der Waals surface area (Å²) in [6.07, 6.45) is 7.43. The fourth-order valence-electron chi connectivity index (χ4n) is 6.62. The number of carbonyl (C=O) groups is 3. The molecule has 3 aromatic carbocycles. The van der Waals surface area contributed by atoms with Crippen LogP contribution in [0.2, 0.25) is 10.0 Å². The molecule has 0 bridgehead atoms. The summed E-state index contributed by atoms with van der Waals surface area (Å²) in [6.45, 7) is 8.98. The van der Waals surface area contributed by atoms with Crippen LogP contribution in [-0.4, -0.2) is 38.0 Å². The Hall–Kier alpha value is -4.34. The molecule has 1 saturated carbocycles. The number of nitrogens with one attached hydrogen (secondary N) is 2. The second-order valence-electron chi connectivity index (χ2n) is 14.6. The Morgan fingerprint density at radius 1 is 0.942 bits per heavy atom. The minimum Gasteiger partial charge on any atom is -0.489 e. The average Bonchev–Trinajstić information content (AvgIpc) is 3.53. The number of nitrogens with zero attached hydrogens (tertiary/aromatic N) is 2. The van der Waals surface area contributed by atoms with E-state index in [-0.39, 0.29) is 24.0 Å². The van der Waals surface area contributed by atoms with E-state index in [0.717, 1.165) is 42.4 Å². The average molecular weight is 748 g/mol. The van der Waals surface area contributed by atoms with Crippen molar-refractivity contribution in [1.82, 2.24) is 20.2 Å². The number of aromatic carboxylic acids is 1. The lowest BCUT2D eigenvalue weighted by Gasteiger charge is -2.33. The van der Waals surface area contributed by atoms with Crippen molar-refractivity contribution in [3.63, 3.8) is 0 Å². The number of hydrogen-bond donors (Lipinski definition) is 3. The van der Waals surface area contributed by atoms with Gasteiger partial charge in [0.2, 0.25) is 11.8 Å². The number of carboxylic acid groups (broad SMARTS) is 1. The van der Waals surface area contributed by atoms with Crippen LogP contribution >= 0.6 is 23.2 Å². The highest BCUT2D eigenvalue weighted by molar-refractivity contribution is 6.36. The zero-order valence-corrected chi connectivity index (χ0v) is 31.8. The van der Waals surface area contributed by atoms with Gasteiger partial charge in [-0.05, 0) is 100 Å². The van der Waals surface area contributed by atoms with Crippen LogP contribution in [0.25, 0.3) is 11.3 Å². The third kappa shape index (κ3) is 10.4. The van der Waals surface area contributed by atoms with Gasteiger partial charge in [0.25, 0.3) is 0 Å². The topological polar surface area (TPSA) is 123 Å². The zero-order chi connectivity index (χ0) is 37.4. The van der Waals surface area contributed by atoms with Gasteiger partial charge in [-0.1, -0.05) is 73.7 Å². The molecule has 9 nitrogen and oxygen atoms in total. The highest BCUT2D eigenvalue weighted by Crippen LogP contribution is 2.34. The molecule has 1 heterocycles. The van der Waals surface area contributed by atoms with Crippen molar-refractivity contribution < 1.29 is 24.2 Å². The number of benzene rings is 3. The minimum atomic E-state index is -0.972. The second-order valence-corrected chi connectivity index (χ2v) is 15.4. The summed E-state index contributed by atoms with van der Waals surface area (Å²) in [4.78, 5) is 44.0. The van der Waals surface area contributed by atoms with E-state index in [2.05, 4.69) is 22.1 Å². The van der Waals surface area contributed by atoms with Crippen LogP contribution in [0.15, 0.2) is 72.9 Å². The molecule has 276 valence electrons. The van der Waals surface area contributed by atoms with Crippen molar-refractivity contribution in [2.45, 2.75) is 97.4 Å². The molecule has 52 heavy (non-hydrogen) atoms. The number of unbranched alkanes of at least 4 members (excludes halogenated alkanes) is 1. The third-order valence-electron chi connectivity index (χ3n) is 9.30. The number of aromatic nitrogens is 2. The predicted molar refractivity (Wildman–Crippen MR) is 205 cm³/mol. The van der Waals surface area contributed by atoms with Gasteiger partial charge >= 0.3 is 5.97 Å². The Bertz CT molecular complexity index is 1850. The molecule has 11 heteroatoms. The van der Waals surface area contributed by atoms with Gasteiger partial charge < -0.3 is 25.0 Å². The first kappa shape index (κ1) is 38.9. The van der Waals surface area contributed by atoms with E-state index < -0.39 is 29.4 Å². The normalized spacial score (nSPS) is 16.6. The van der Waals surface area contributed by atoms with Gasteiger partial charge in [-0.3, -0.25) is 9.59 Å². The maximum absolute atomic E-state index is 14.3. The number of ether oxygens (including phenoxy) is 1. The molecule has 2 amide bonds. The summed E-state index contributed by atoms with van der Waals surface area (Å²) in [7, 11) is 0. The largest absolute Gasteiger partial charge is 0.489 e. The highest BCUT2D eigenvalue weighted by Gasteiger charge is 2.38. The Labute approximate surface area is 316 Å². The van der Waals surface area contributed by atoms with Crippen LogP contribution in [0.1, 0.15) is 99.6 Å². The van der Waals surface area contributed by atoms with Gasteiger partial charge in [0, 0.05) is 40.7 Å². The summed E-state index contributed by atoms with van der Waals surface area (Å²) in [5.41, 5.74) is 3.07. The van der Waals surface area contributed by atoms with Gasteiger partial charge in [-0.2, -0.15) is 0 Å². The van der Waals surface area contributed by atoms with Gasteiger partial charge in [0.05, 0.1) is 22.3 Å². The molecule has 0 radical (unpaired) electrons. The van der Waals surface area contributed by atoms with E-state index >= 15 is 0 Å². The minimum absolute atomic E-state index is 0.0820. The van der Waals surface area contributed by atoms with Crippen LogP contribution in [0.5, 0.6) is 5.75 Å². The first-order valence-corrected chi connectivity index (χ1v) is 18.8. The standard InChI is InChI=1S/C41H48Cl2N4O5/c1-5-6-21-47-24-36(33-20-17-29(42)23-34(33)43)44-37(47)35(45-38(48)31-9-7-8-10-32(31)39(49)46-41(2,3)4)22-26-13-18-30(19-14-26)52-25-27-11-15-28(16-12-27)40(50)51/h11-20,23-24,31-32,35H,5-10,21-22,25H2,1-4H3,(H,45,48)(H,46,49)(H,50,51)/t31?,32?,35-/m0/s1. The van der Waals surface area contributed by atoms with E-state index in [1.54, 1.807) is 36.4 Å². The number of carboxylic acids is 1. The van der Waals surface area contributed by atoms with Crippen LogP contribution in [0.3, 0.4) is 0 Å². The van der Waals surface area contributed by atoms with E-state index in [4.69, 9.17) is 32.9 Å². The van der Waals surface area contributed by atoms with E-state index in [0.29, 0.717) is 53.1 Å². The van der Waals surface area contributed by atoms with Crippen LogP contribution in [-0.2, 0) is 29.2 Å². The summed E-state index contributed by atoms with van der Waals surface area (Å²) >= 11 is 12.9. The molecule has 0 saturated heterocycles. The molecular weight excluding hydrogens is 699 g/mol. The van der Waals surface area contributed by atoms with Crippen molar-refractivity contribution in [2.75, 3.05) is 0 Å². The Morgan fingerprint density at radius 3 is 2.21 bits per heavy atom. The summed E-state index contributed by atoms with van der Waals surface area (Å²) in [5.74, 6) is -0.702. The molecule has 3 N–H and O–H groups in total. The molecule has 5 rings (SSSR count). The van der Waals surface area contributed by atoms with Crippen LogP contribution in [0, 0.1) is 11.8 Å². The maximum atomic E-state index is 14.3. The summed E-state index contributed by atoms with van der Waals surface area (Å²) < 4.78 is 8.10. The monoisotopic (exact) mass is 746 g/mol. The summed E-state index contributed by atoms with van der Waals surface area (Å²) in [6, 6.07) is 19.1. The SMILES string of the molecule is CCCCn1cc(-c2ccc(Cl)cc2Cl)nc1[C@H](Cc1ccc(OCc2ccc(C(=O)O)cc2)cc1)NC(=O)C1CCCCC1C(=O)NC(C)(C)C. The van der Waals surface area contributed by atoms with Crippen LogP contribution in [0.4, 0.5) is 0 Å². The fourth-order valence-corrected chi connectivity index (χ4v) is 7.12. The quantitative estimate of drug-likeness (QED) is 0.118. The number of halogens is 2. The number of hydrogen-bond acceptors (Lipinski definition) is 5. The number of carbonyl (C=O) groups excluding carboxylic acids is 2. The van der Waals surface area contributed by atoms with Gasteiger partial charge in [-0.25, -0.2) is 9.78 Å². The summed E-state index contributed by atoms with van der Waals surface area (Å²) in [5, 5.41) is 16.6. The molecule has 3 atom stereocenters. The molecular formula is C41H48Cl2N4O5. The second kappa shape index (κ2) is 17.5. The molecule has 1 aromatic heterocycles. The first-order valence-electron chi connectivity index (χ1n) is 18.0. The lowest BCUT2D eigenvalue weighted by molar-refractivity contribution is -0.137. The Balaban J connectivity index is 1.43. The molecule has 1 aliphatic carbocycles. The molecule has 1 aliphatic rings. The third-order valence-corrected chi connectivity index (χ3v) is 9.85. The van der Waals surface area contributed by atoms with Crippen molar-refractivity contribution in [3.8, 4) is 17.0 Å². The van der Waals surface area contributed by atoms with E-state index in [9.17, 15) is 19.5 Å². The van der Waals surface area contributed by atoms with Gasteiger partial charge in [0.1, 0.15) is 18.2 Å². The lowest BCUT2D eigenvalue weighted by Crippen LogP contribution is -2.49. The maximum Gasteiger partial charge on any atom is 0.335 e. The smallest absolute Gasteiger partial charge is 0.335 e. The van der Waals surface area contributed by atoms with Crippen molar-refractivity contribution >= 4 is 41.0 Å². The highest BCUT2D eigenvalue weighted by atomic mass is 35.5. The number of rotatable bonds is 14. The molecule has 0 aliphatic heterocycles. The molecule has 4 aromatic rings. The lowest BCUT2D eigenvalue weighted by atomic mass is 9.77. The number of imidazole rings is 1. The molecule has 1 fully saturated rings. The predicted octanol–water partition coefficient (Wildman–Crippen LogP) is 9.06. The van der Waals surface area contributed by atoms with E-state index in [1.165, 1.54) is 0 Å². The number of amides is 2. The van der Waals surface area contributed by atoms with Crippen molar-refractivity contribution in [3.05, 3.63) is 105 Å². The zero-order valence-electron chi connectivity index (χ0n) is 30.3. The van der Waals surface area contributed by atoms with Crippen molar-refractivity contribution in [2.24, 2.45) is 11.8 Å².